The van der Waals surface area contributed by atoms with Crippen LogP contribution < -0.4 is 9.21 Å². The van der Waals surface area contributed by atoms with Gasteiger partial charge in [-0.25, -0.2) is 8.42 Å². The van der Waals surface area contributed by atoms with Gasteiger partial charge in [0, 0.05) is 50.9 Å². The van der Waals surface area contributed by atoms with E-state index in [0.717, 1.165) is 29.3 Å². The Morgan fingerprint density at radius 2 is 1.85 bits per heavy atom. The third kappa shape index (κ3) is 4.79. The molecule has 0 bridgehead atoms. The first kappa shape index (κ1) is 19.2. The normalized spacial score (nSPS) is 15.0. The van der Waals surface area contributed by atoms with Gasteiger partial charge in [-0.05, 0) is 19.1 Å². The molecule has 0 N–H and O–H groups in total. The summed E-state index contributed by atoms with van der Waals surface area (Å²) in [6.45, 7) is 4.49. The minimum atomic E-state index is -3.54. The second-order valence-corrected chi connectivity index (χ2v) is 8.49. The summed E-state index contributed by atoms with van der Waals surface area (Å²) in [4.78, 5) is 16.6. The Morgan fingerprint density at radius 3 is 2.41 bits per heavy atom. The molecule has 0 aliphatic carbocycles. The van der Waals surface area contributed by atoms with Crippen LogP contribution in [-0.4, -0.2) is 63.4 Å². The molecule has 1 aliphatic rings. The lowest BCUT2D eigenvalue weighted by molar-refractivity contribution is -0.131. The van der Waals surface area contributed by atoms with E-state index >= 15 is 0 Å². The predicted octanol–water partition coefficient (Wildman–Crippen LogP) is 1.49. The molecule has 1 aromatic heterocycles. The molecule has 2 heterocycles. The highest BCUT2D eigenvalue weighted by atomic mass is 32.2. The van der Waals surface area contributed by atoms with Crippen molar-refractivity contribution in [3.05, 3.63) is 42.2 Å². The number of piperazine rings is 1. The van der Waals surface area contributed by atoms with Gasteiger partial charge < -0.3 is 14.3 Å². The van der Waals surface area contributed by atoms with Gasteiger partial charge in [0.25, 0.3) is 0 Å². The van der Waals surface area contributed by atoms with Crippen molar-refractivity contribution in [2.75, 3.05) is 48.2 Å². The van der Waals surface area contributed by atoms with Crippen molar-refractivity contribution in [1.29, 1.82) is 0 Å². The molecule has 27 heavy (non-hydrogen) atoms. The average molecular weight is 392 g/mol. The maximum atomic E-state index is 12.6. The molecule has 1 saturated heterocycles. The topological polar surface area (TPSA) is 87.0 Å². The molecule has 0 unspecified atom stereocenters. The maximum absolute atomic E-state index is 12.6. The number of carbonyl (C=O) groups is 1. The van der Waals surface area contributed by atoms with Crippen LogP contribution in [0.2, 0.25) is 0 Å². The van der Waals surface area contributed by atoms with Gasteiger partial charge in [0.1, 0.15) is 5.76 Å². The van der Waals surface area contributed by atoms with Gasteiger partial charge in [0.05, 0.1) is 6.26 Å². The quantitative estimate of drug-likeness (QED) is 0.740. The van der Waals surface area contributed by atoms with Crippen LogP contribution in [0.1, 0.15) is 12.2 Å². The van der Waals surface area contributed by atoms with Crippen molar-refractivity contribution >= 4 is 27.4 Å². The van der Waals surface area contributed by atoms with Crippen LogP contribution >= 0.6 is 0 Å². The number of carbonyl (C=O) groups excluding carboxylic acids is 1. The van der Waals surface area contributed by atoms with Gasteiger partial charge >= 0.3 is 0 Å². The van der Waals surface area contributed by atoms with Crippen LogP contribution in [0.3, 0.4) is 0 Å². The molecule has 9 heteroatoms. The van der Waals surface area contributed by atoms with Gasteiger partial charge in [-0.2, -0.15) is 0 Å². The zero-order valence-corrected chi connectivity index (χ0v) is 16.4. The number of rotatable bonds is 6. The largest absolute Gasteiger partial charge is 0.368 e. The number of benzene rings is 1. The highest BCUT2D eigenvalue weighted by molar-refractivity contribution is 7.92. The summed E-state index contributed by atoms with van der Waals surface area (Å²) >= 11 is 0. The number of sulfonamides is 1. The number of aryl methyl sites for hydroxylation is 1. The number of anilines is 2. The summed E-state index contributed by atoms with van der Waals surface area (Å²) in [7, 11) is -3.54. The molecule has 1 aliphatic heterocycles. The van der Waals surface area contributed by atoms with Crippen molar-refractivity contribution in [2.24, 2.45) is 0 Å². The number of aromatic nitrogens is 1. The van der Waals surface area contributed by atoms with Crippen LogP contribution in [0.25, 0.3) is 0 Å². The Kier molecular flexibility index (Phi) is 5.69. The van der Waals surface area contributed by atoms with E-state index in [1.165, 1.54) is 0 Å². The number of nitrogens with zero attached hydrogens (tertiary/aromatic N) is 4. The van der Waals surface area contributed by atoms with Gasteiger partial charge in [-0.3, -0.25) is 9.10 Å². The van der Waals surface area contributed by atoms with Gasteiger partial charge in [0.15, 0.2) is 5.82 Å². The van der Waals surface area contributed by atoms with E-state index in [9.17, 15) is 13.2 Å². The molecule has 0 radical (unpaired) electrons. The molecule has 0 atom stereocenters. The summed E-state index contributed by atoms with van der Waals surface area (Å²) in [5, 5.41) is 3.76. The smallest absolute Gasteiger partial charge is 0.233 e. The number of amides is 1. The first-order valence-corrected chi connectivity index (χ1v) is 10.7. The van der Waals surface area contributed by atoms with Crippen molar-refractivity contribution < 1.29 is 17.7 Å². The molecule has 146 valence electrons. The number of hydrogen-bond acceptors (Lipinski definition) is 6. The molecule has 0 spiro atoms. The van der Waals surface area contributed by atoms with Gasteiger partial charge in [-0.1, -0.05) is 23.4 Å². The lowest BCUT2D eigenvalue weighted by atomic mass is 10.2. The summed E-state index contributed by atoms with van der Waals surface area (Å²) in [5.74, 6) is 0.662. The van der Waals surface area contributed by atoms with E-state index < -0.39 is 10.0 Å². The Labute approximate surface area is 159 Å². The SMILES string of the molecule is Cc1cc(N(CCC(=O)N2CCN(c3ccccc3)CC2)S(C)(=O)=O)no1. The minimum absolute atomic E-state index is 0.0442. The van der Waals surface area contributed by atoms with Gasteiger partial charge in [0.2, 0.25) is 15.9 Å². The Balaban J connectivity index is 1.56. The monoisotopic (exact) mass is 392 g/mol. The van der Waals surface area contributed by atoms with E-state index in [0.29, 0.717) is 18.8 Å². The highest BCUT2D eigenvalue weighted by Gasteiger charge is 2.25. The van der Waals surface area contributed by atoms with Crippen LogP contribution in [0, 0.1) is 6.92 Å². The van der Waals surface area contributed by atoms with Crippen LogP contribution in [0.15, 0.2) is 40.9 Å². The fraction of sp³-hybridized carbons (Fsp3) is 0.444. The molecule has 2 aromatic rings. The molecular weight excluding hydrogens is 368 g/mol. The predicted molar refractivity (Wildman–Crippen MR) is 103 cm³/mol. The average Bonchev–Trinajstić information content (AvgIpc) is 3.07. The van der Waals surface area contributed by atoms with Crippen molar-refractivity contribution in [2.45, 2.75) is 13.3 Å². The van der Waals surface area contributed by atoms with E-state index in [2.05, 4.69) is 22.2 Å². The van der Waals surface area contributed by atoms with Crippen molar-refractivity contribution in [1.82, 2.24) is 10.1 Å². The summed E-state index contributed by atoms with van der Waals surface area (Å²) in [6, 6.07) is 11.6. The number of hydrogen-bond donors (Lipinski definition) is 0. The van der Waals surface area contributed by atoms with Gasteiger partial charge in [-0.15, -0.1) is 0 Å². The Morgan fingerprint density at radius 1 is 1.19 bits per heavy atom. The highest BCUT2D eigenvalue weighted by Crippen LogP contribution is 2.19. The van der Waals surface area contributed by atoms with Crippen LogP contribution in [-0.2, 0) is 14.8 Å². The summed E-state index contributed by atoms with van der Waals surface area (Å²) < 4.78 is 30.2. The minimum Gasteiger partial charge on any atom is -0.368 e. The molecule has 0 saturated carbocycles. The Hall–Kier alpha value is -2.55. The Bertz CT molecular complexity index is 874. The zero-order chi connectivity index (χ0) is 19.4. The van der Waals surface area contributed by atoms with E-state index in [1.807, 2.05) is 18.2 Å². The molecular formula is C18H24N4O4S. The summed E-state index contributed by atoms with van der Waals surface area (Å²) in [5.41, 5.74) is 1.15. The van der Waals surface area contributed by atoms with Crippen molar-refractivity contribution in [3.8, 4) is 0 Å². The molecule has 1 fully saturated rings. The third-order valence-electron chi connectivity index (χ3n) is 4.55. The number of para-hydroxylation sites is 1. The molecule has 8 nitrogen and oxygen atoms in total. The fourth-order valence-electron chi connectivity index (χ4n) is 3.13. The molecule has 3 rings (SSSR count). The second-order valence-electron chi connectivity index (χ2n) is 6.58. The van der Waals surface area contributed by atoms with Crippen molar-refractivity contribution in [3.63, 3.8) is 0 Å². The van der Waals surface area contributed by atoms with Crippen LogP contribution in [0.5, 0.6) is 0 Å². The first-order chi connectivity index (χ1) is 12.8. The van der Waals surface area contributed by atoms with E-state index in [-0.39, 0.29) is 24.7 Å². The first-order valence-electron chi connectivity index (χ1n) is 8.83. The lowest BCUT2D eigenvalue weighted by Gasteiger charge is -2.36. The standard InChI is InChI=1S/C18H24N4O4S/c1-15-14-17(19-26-15)22(27(2,24)25)9-8-18(23)21-12-10-20(11-13-21)16-6-4-3-5-7-16/h3-7,14H,8-13H2,1-2H3. The molecule has 1 aromatic carbocycles. The third-order valence-corrected chi connectivity index (χ3v) is 5.72. The molecule has 1 amide bonds. The van der Waals surface area contributed by atoms with E-state index in [4.69, 9.17) is 4.52 Å². The zero-order valence-electron chi connectivity index (χ0n) is 15.5. The maximum Gasteiger partial charge on any atom is 0.233 e. The summed E-state index contributed by atoms with van der Waals surface area (Å²) in [6.07, 6.45) is 1.20. The van der Waals surface area contributed by atoms with Crippen LogP contribution in [0.4, 0.5) is 11.5 Å². The fourth-order valence-corrected chi connectivity index (χ4v) is 3.98. The lowest BCUT2D eigenvalue weighted by Crippen LogP contribution is -2.49. The van der Waals surface area contributed by atoms with E-state index in [1.54, 1.807) is 17.9 Å². The second kappa shape index (κ2) is 7.99.